The molecule has 0 aliphatic carbocycles. The number of benzene rings is 9. The van der Waals surface area contributed by atoms with Crippen molar-refractivity contribution >= 4 is 39.0 Å². The van der Waals surface area contributed by atoms with Crippen molar-refractivity contribution in [1.29, 1.82) is 0 Å². The minimum absolute atomic E-state index is 0.833. The molecular formula is C54H33NO3. The topological polar surface area (TPSA) is 34.8 Å². The molecule has 0 N–H and O–H groups in total. The van der Waals surface area contributed by atoms with Crippen LogP contribution in [0.5, 0.6) is 23.0 Å². The Kier molecular flexibility index (Phi) is 7.20. The molecule has 10 aromatic rings. The Morgan fingerprint density at radius 3 is 1.43 bits per heavy atom. The van der Waals surface area contributed by atoms with Crippen LogP contribution in [0.4, 0.5) is 17.1 Å². The summed E-state index contributed by atoms with van der Waals surface area (Å²) in [6.45, 7) is 0. The molecule has 272 valence electrons. The molecule has 2 aliphatic rings. The summed E-state index contributed by atoms with van der Waals surface area (Å²) in [6, 6.07) is 70.2. The zero-order chi connectivity index (χ0) is 38.2. The van der Waals surface area contributed by atoms with Gasteiger partial charge in [-0.2, -0.15) is 0 Å². The van der Waals surface area contributed by atoms with E-state index in [1.807, 2.05) is 60.7 Å². The highest BCUT2D eigenvalue weighted by Crippen LogP contribution is 2.51. The van der Waals surface area contributed by atoms with Crippen molar-refractivity contribution in [3.63, 3.8) is 0 Å². The highest BCUT2D eigenvalue weighted by molar-refractivity contribution is 6.10. The van der Waals surface area contributed by atoms with Gasteiger partial charge in [-0.1, -0.05) is 133 Å². The van der Waals surface area contributed by atoms with E-state index in [1.54, 1.807) is 0 Å². The fourth-order valence-electron chi connectivity index (χ4n) is 8.80. The Balaban J connectivity index is 1.03. The first kappa shape index (κ1) is 32.4. The summed E-state index contributed by atoms with van der Waals surface area (Å²) in [5, 5.41) is 2.17. The third kappa shape index (κ3) is 5.09. The summed E-state index contributed by atoms with van der Waals surface area (Å²) in [7, 11) is 0. The smallest absolute Gasteiger partial charge is 0.159 e. The summed E-state index contributed by atoms with van der Waals surface area (Å²) in [4.78, 5) is 2.32. The van der Waals surface area contributed by atoms with E-state index >= 15 is 0 Å². The van der Waals surface area contributed by atoms with Crippen molar-refractivity contribution < 1.29 is 13.9 Å². The van der Waals surface area contributed by atoms with Crippen molar-refractivity contribution in [3.8, 4) is 78.6 Å². The molecule has 58 heavy (non-hydrogen) atoms. The molecule has 0 spiro atoms. The van der Waals surface area contributed by atoms with Gasteiger partial charge in [0, 0.05) is 44.4 Å². The molecule has 4 nitrogen and oxygen atoms in total. The first-order valence-electron chi connectivity index (χ1n) is 19.6. The molecule has 0 bridgehead atoms. The van der Waals surface area contributed by atoms with Crippen LogP contribution in [0.25, 0.3) is 77.6 Å². The van der Waals surface area contributed by atoms with Crippen LogP contribution in [0.15, 0.2) is 205 Å². The number of hydrogen-bond acceptors (Lipinski definition) is 4. The van der Waals surface area contributed by atoms with E-state index in [9.17, 15) is 0 Å². The Morgan fingerprint density at radius 1 is 0.310 bits per heavy atom. The predicted molar refractivity (Wildman–Crippen MR) is 236 cm³/mol. The second-order valence-corrected chi connectivity index (χ2v) is 14.8. The molecule has 0 saturated carbocycles. The molecule has 0 amide bonds. The minimum atomic E-state index is 0.833. The molecule has 1 aromatic heterocycles. The van der Waals surface area contributed by atoms with Crippen molar-refractivity contribution in [2.45, 2.75) is 0 Å². The summed E-state index contributed by atoms with van der Waals surface area (Å²) in [6.07, 6.45) is 0. The highest BCUT2D eigenvalue weighted by Gasteiger charge is 2.25. The van der Waals surface area contributed by atoms with Gasteiger partial charge in [-0.05, 0) is 100 Å². The van der Waals surface area contributed by atoms with E-state index in [2.05, 4.69) is 144 Å². The van der Waals surface area contributed by atoms with Crippen molar-refractivity contribution in [1.82, 2.24) is 0 Å². The molecule has 0 fully saturated rings. The van der Waals surface area contributed by atoms with Crippen LogP contribution in [0, 0.1) is 0 Å². The Hall–Kier alpha value is -7.82. The van der Waals surface area contributed by atoms with Gasteiger partial charge in [0.15, 0.2) is 5.58 Å². The molecule has 9 aromatic carbocycles. The molecular weight excluding hydrogens is 711 g/mol. The lowest BCUT2D eigenvalue weighted by atomic mass is 9.91. The van der Waals surface area contributed by atoms with Crippen LogP contribution < -0.4 is 14.4 Å². The average Bonchev–Trinajstić information content (AvgIpc) is 3.52. The number of ether oxygens (including phenoxy) is 2. The zero-order valence-corrected chi connectivity index (χ0v) is 31.2. The lowest BCUT2D eigenvalue weighted by Gasteiger charge is -2.27. The van der Waals surface area contributed by atoms with Crippen LogP contribution >= 0.6 is 0 Å². The fourth-order valence-corrected chi connectivity index (χ4v) is 8.80. The lowest BCUT2D eigenvalue weighted by Crippen LogP contribution is -2.10. The number of para-hydroxylation sites is 6. The lowest BCUT2D eigenvalue weighted by molar-refractivity contribution is 0.487. The number of anilines is 3. The van der Waals surface area contributed by atoms with Gasteiger partial charge in [-0.3, -0.25) is 0 Å². The van der Waals surface area contributed by atoms with Crippen LogP contribution in [-0.4, -0.2) is 0 Å². The quantitative estimate of drug-likeness (QED) is 0.180. The number of furan rings is 1. The Labute approximate surface area is 335 Å². The van der Waals surface area contributed by atoms with E-state index in [0.29, 0.717) is 0 Å². The van der Waals surface area contributed by atoms with E-state index in [4.69, 9.17) is 13.9 Å². The Bertz CT molecular complexity index is 3250. The van der Waals surface area contributed by atoms with Gasteiger partial charge in [0.1, 0.15) is 28.6 Å². The number of nitrogens with zero attached hydrogens (tertiary/aromatic N) is 1. The summed E-state index contributed by atoms with van der Waals surface area (Å²) in [5.41, 5.74) is 15.7. The van der Waals surface area contributed by atoms with Gasteiger partial charge < -0.3 is 18.8 Å². The molecule has 4 heteroatoms. The van der Waals surface area contributed by atoms with E-state index in [1.165, 1.54) is 0 Å². The van der Waals surface area contributed by atoms with Gasteiger partial charge >= 0.3 is 0 Å². The molecule has 0 unspecified atom stereocenters. The third-order valence-electron chi connectivity index (χ3n) is 11.5. The van der Waals surface area contributed by atoms with Gasteiger partial charge in [0.2, 0.25) is 0 Å². The van der Waals surface area contributed by atoms with Gasteiger partial charge in [0.05, 0.1) is 5.69 Å². The zero-order valence-electron chi connectivity index (χ0n) is 31.2. The monoisotopic (exact) mass is 743 g/mol. The summed E-state index contributed by atoms with van der Waals surface area (Å²) < 4.78 is 19.7. The molecule has 0 radical (unpaired) electrons. The molecule has 0 saturated heterocycles. The van der Waals surface area contributed by atoms with Crippen LogP contribution in [0.2, 0.25) is 0 Å². The van der Waals surface area contributed by atoms with Crippen molar-refractivity contribution in [3.05, 3.63) is 200 Å². The van der Waals surface area contributed by atoms with Gasteiger partial charge in [-0.25, -0.2) is 0 Å². The van der Waals surface area contributed by atoms with E-state index < -0.39 is 0 Å². The largest absolute Gasteiger partial charge is 0.456 e. The summed E-state index contributed by atoms with van der Waals surface area (Å²) in [5.74, 6) is 3.40. The molecule has 3 heterocycles. The first-order chi connectivity index (χ1) is 28.7. The SMILES string of the molecule is c1ccc2c(c1)Oc1ccccc1-c1cc(-c3ccc(N(c4ccc5c(c4)-c4ccccc4Oc4ccccc4-5)c4cccc5c4oc4ccccc45)cc3)ccc1-2. The molecule has 12 rings (SSSR count). The minimum Gasteiger partial charge on any atom is -0.456 e. The third-order valence-corrected chi connectivity index (χ3v) is 11.5. The molecule has 0 atom stereocenters. The number of rotatable bonds is 4. The molecule has 2 aliphatic heterocycles. The maximum absolute atomic E-state index is 6.68. The van der Waals surface area contributed by atoms with Crippen LogP contribution in [0.1, 0.15) is 0 Å². The average molecular weight is 744 g/mol. The Morgan fingerprint density at radius 2 is 0.793 bits per heavy atom. The van der Waals surface area contributed by atoms with Crippen molar-refractivity contribution in [2.24, 2.45) is 0 Å². The van der Waals surface area contributed by atoms with E-state index in [0.717, 1.165) is 118 Å². The highest BCUT2D eigenvalue weighted by atomic mass is 16.5. The normalized spacial score (nSPS) is 12.1. The van der Waals surface area contributed by atoms with E-state index in [-0.39, 0.29) is 0 Å². The predicted octanol–water partition coefficient (Wildman–Crippen LogP) is 15.6. The fraction of sp³-hybridized carbons (Fsp3) is 0. The maximum atomic E-state index is 6.68. The standard InChI is InChI=1S/C54H33NO3/c1-6-19-49-40(12-1)38-30-26-35(32-46(38)43-15-4-8-21-51(43)56-49)34-24-27-36(28-25-34)55(48-18-11-17-45-42-14-3-10-23-53(42)58-54(45)48)37-29-31-39-41-13-2-7-20-50(41)57-52-22-9-5-16-44(52)47(39)33-37/h1-33H. The van der Waals surface area contributed by atoms with Gasteiger partial charge in [0.25, 0.3) is 0 Å². The summed E-state index contributed by atoms with van der Waals surface area (Å²) >= 11 is 0. The van der Waals surface area contributed by atoms with Gasteiger partial charge in [-0.15, -0.1) is 0 Å². The van der Waals surface area contributed by atoms with Crippen molar-refractivity contribution in [2.75, 3.05) is 4.90 Å². The maximum Gasteiger partial charge on any atom is 0.159 e. The second-order valence-electron chi connectivity index (χ2n) is 14.8. The van der Waals surface area contributed by atoms with Crippen LogP contribution in [-0.2, 0) is 0 Å². The first-order valence-corrected chi connectivity index (χ1v) is 19.6. The number of hydrogen-bond donors (Lipinski definition) is 0. The number of fused-ring (bicyclic) bond motifs is 13. The van der Waals surface area contributed by atoms with Crippen LogP contribution in [0.3, 0.4) is 0 Å². The second kappa shape index (κ2) is 12.9.